The molecule has 0 unspecified atom stereocenters. The van der Waals surface area contributed by atoms with Gasteiger partial charge in [0.05, 0.1) is 132 Å². The van der Waals surface area contributed by atoms with Gasteiger partial charge in [-0.05, 0) is 0 Å². The van der Waals surface area contributed by atoms with E-state index in [1.807, 2.05) is 0 Å². The highest BCUT2D eigenvalue weighted by molar-refractivity contribution is 5.67. The topological polar surface area (TPSA) is 156 Å². The number of aliphatic carboxylic acids is 1. The number of rotatable bonds is 34. The molecule has 0 bridgehead atoms. The molecule has 14 nitrogen and oxygen atoms in total. The van der Waals surface area contributed by atoms with Crippen molar-refractivity contribution in [3.05, 3.63) is 0 Å². The molecule has 1 N–H and O–H groups in total. The van der Waals surface area contributed by atoms with E-state index in [0.717, 1.165) is 0 Å². The number of hydrogen-bond acceptors (Lipinski definition) is 13. The molecule has 0 heterocycles. The van der Waals surface area contributed by atoms with Crippen molar-refractivity contribution in [3.63, 3.8) is 0 Å². The van der Waals surface area contributed by atoms with Gasteiger partial charge in [-0.25, -0.2) is 4.79 Å². The number of carbonyl (C=O) groups is 2. The molecule has 0 radical (unpaired) electrons. The second-order valence-electron chi connectivity index (χ2n) is 7.20. The van der Waals surface area contributed by atoms with Gasteiger partial charge in [0.1, 0.15) is 19.5 Å². The van der Waals surface area contributed by atoms with Gasteiger partial charge in [-0.3, -0.25) is 0 Å². The van der Waals surface area contributed by atoms with Gasteiger partial charge in [0.25, 0.3) is 0 Å². The minimum atomic E-state index is -0.998. The molecule has 0 aromatic carbocycles. The number of hydrogen-bond donors (Lipinski definition) is 1. The molecule has 0 spiro atoms. The Hall–Kier alpha value is -1.30. The Bertz CT molecular complexity index is 483. The quantitative estimate of drug-likeness (QED) is 0.0793. The molecule has 0 fully saturated rings. The van der Waals surface area contributed by atoms with Gasteiger partial charge in [0.15, 0.2) is 0 Å². The van der Waals surface area contributed by atoms with Crippen LogP contribution in [0.1, 0.15) is 0 Å². The average Bonchev–Trinajstić information content (AvgIpc) is 2.91. The summed E-state index contributed by atoms with van der Waals surface area (Å²) in [5.74, 6) is -0.998. The monoisotopic (exact) mass is 558 g/mol. The highest BCUT2D eigenvalue weighted by atomic mass is 16.6. The molecule has 0 rings (SSSR count). The van der Waals surface area contributed by atoms with Crippen molar-refractivity contribution < 1.29 is 66.8 Å². The lowest BCUT2D eigenvalue weighted by Gasteiger charge is -2.09. The standard InChI is InChI=1S/C24H46O14/c25-1-2-28-3-4-29-5-6-30-7-8-31-9-10-32-11-12-33-13-14-34-15-16-35-17-18-36-19-20-37-21-22-38-23-24(26)27/h1H,2-23H2,(H,26,27). The smallest absolute Gasteiger partial charge is 0.329 e. The molecule has 0 amide bonds. The lowest BCUT2D eigenvalue weighted by molar-refractivity contribution is -0.142. The fourth-order valence-corrected chi connectivity index (χ4v) is 2.39. The fraction of sp³-hybridized carbons (Fsp3) is 0.917. The molecular weight excluding hydrogens is 512 g/mol. The normalized spacial score (nSPS) is 11.3. The Balaban J connectivity index is 3.03. The lowest BCUT2D eigenvalue weighted by atomic mass is 10.6. The van der Waals surface area contributed by atoms with E-state index in [1.54, 1.807) is 0 Å². The summed E-state index contributed by atoms with van der Waals surface area (Å²) in [4.78, 5) is 20.3. The van der Waals surface area contributed by atoms with Crippen LogP contribution in [0.2, 0.25) is 0 Å². The van der Waals surface area contributed by atoms with Gasteiger partial charge in [-0.15, -0.1) is 0 Å². The summed E-state index contributed by atoms with van der Waals surface area (Å²) in [7, 11) is 0. The molecule has 0 aliphatic rings. The van der Waals surface area contributed by atoms with E-state index in [-0.39, 0.29) is 19.8 Å². The van der Waals surface area contributed by atoms with E-state index in [1.165, 1.54) is 0 Å². The Morgan fingerprint density at radius 2 is 0.605 bits per heavy atom. The zero-order valence-electron chi connectivity index (χ0n) is 22.4. The number of carbonyl (C=O) groups excluding carboxylic acids is 1. The maximum atomic E-state index is 10.2. The van der Waals surface area contributed by atoms with Crippen molar-refractivity contribution in [1.82, 2.24) is 0 Å². The number of aldehydes is 1. The van der Waals surface area contributed by atoms with Crippen LogP contribution in [0.3, 0.4) is 0 Å². The SMILES string of the molecule is O=CCOCCOCCOCCOCCOCCOCCOCCOCCOCCOCCOCC(=O)O. The van der Waals surface area contributed by atoms with Crippen LogP contribution in [-0.4, -0.2) is 163 Å². The highest BCUT2D eigenvalue weighted by Crippen LogP contribution is 1.87. The largest absolute Gasteiger partial charge is 0.480 e. The Kier molecular flexibility index (Phi) is 32.6. The van der Waals surface area contributed by atoms with Crippen molar-refractivity contribution in [2.45, 2.75) is 0 Å². The van der Waals surface area contributed by atoms with Crippen LogP contribution in [0, 0.1) is 0 Å². The molecule has 0 saturated heterocycles. The fourth-order valence-electron chi connectivity index (χ4n) is 2.39. The van der Waals surface area contributed by atoms with Crippen LogP contribution in [0.15, 0.2) is 0 Å². The van der Waals surface area contributed by atoms with E-state index < -0.39 is 5.97 Å². The second kappa shape index (κ2) is 33.7. The van der Waals surface area contributed by atoms with E-state index >= 15 is 0 Å². The van der Waals surface area contributed by atoms with Crippen molar-refractivity contribution >= 4 is 12.3 Å². The first-order valence-corrected chi connectivity index (χ1v) is 12.8. The lowest BCUT2D eigenvalue weighted by Crippen LogP contribution is -2.15. The van der Waals surface area contributed by atoms with Gasteiger partial charge in [-0.1, -0.05) is 0 Å². The third-order valence-electron chi connectivity index (χ3n) is 4.13. The van der Waals surface area contributed by atoms with Crippen LogP contribution < -0.4 is 0 Å². The minimum Gasteiger partial charge on any atom is -0.480 e. The maximum Gasteiger partial charge on any atom is 0.329 e. The summed E-state index contributed by atoms with van der Waals surface area (Å²) >= 11 is 0. The number of ether oxygens (including phenoxy) is 11. The van der Waals surface area contributed by atoms with E-state index in [4.69, 9.17) is 57.2 Å². The predicted octanol–water partition coefficient (Wildman–Crippen LogP) is -0.547. The Labute approximate surface area is 224 Å². The number of carboxylic acids is 1. The Morgan fingerprint density at radius 3 is 0.816 bits per heavy atom. The maximum absolute atomic E-state index is 10.2. The Morgan fingerprint density at radius 1 is 0.395 bits per heavy atom. The third kappa shape index (κ3) is 34.7. The van der Waals surface area contributed by atoms with Crippen molar-refractivity contribution in [3.8, 4) is 0 Å². The number of carboxylic acid groups (broad SMARTS) is 1. The van der Waals surface area contributed by atoms with Crippen LogP contribution in [0.4, 0.5) is 0 Å². The molecule has 0 saturated carbocycles. The molecule has 0 atom stereocenters. The van der Waals surface area contributed by atoms with Gasteiger partial charge in [0, 0.05) is 0 Å². The van der Waals surface area contributed by atoms with Crippen molar-refractivity contribution in [2.75, 3.05) is 145 Å². The first kappa shape index (κ1) is 36.7. The van der Waals surface area contributed by atoms with Crippen molar-refractivity contribution in [2.24, 2.45) is 0 Å². The van der Waals surface area contributed by atoms with Crippen molar-refractivity contribution in [1.29, 1.82) is 0 Å². The molecule has 14 heteroatoms. The summed E-state index contributed by atoms with van der Waals surface area (Å²) in [6.07, 6.45) is 0.705. The third-order valence-corrected chi connectivity index (χ3v) is 4.13. The summed E-state index contributed by atoms with van der Waals surface area (Å²) in [5, 5.41) is 8.40. The molecular formula is C24H46O14. The zero-order chi connectivity index (χ0) is 27.6. The van der Waals surface area contributed by atoms with Crippen LogP contribution in [-0.2, 0) is 61.7 Å². The molecule has 0 aliphatic carbocycles. The predicted molar refractivity (Wildman–Crippen MR) is 133 cm³/mol. The summed E-state index contributed by atoms with van der Waals surface area (Å²) in [6.45, 7) is 8.72. The van der Waals surface area contributed by atoms with E-state index in [2.05, 4.69) is 0 Å². The van der Waals surface area contributed by atoms with Crippen LogP contribution in [0.25, 0.3) is 0 Å². The molecule has 0 aromatic rings. The molecule has 0 aromatic heterocycles. The zero-order valence-corrected chi connectivity index (χ0v) is 22.4. The first-order chi connectivity index (χ1) is 18.8. The average molecular weight is 559 g/mol. The molecule has 38 heavy (non-hydrogen) atoms. The summed E-state index contributed by atoms with van der Waals surface area (Å²) in [6, 6.07) is 0. The van der Waals surface area contributed by atoms with Gasteiger partial charge < -0.3 is 62.0 Å². The highest BCUT2D eigenvalue weighted by Gasteiger charge is 1.97. The summed E-state index contributed by atoms with van der Waals surface area (Å²) < 4.78 is 58.0. The minimum absolute atomic E-state index is 0.0946. The molecule has 226 valence electrons. The van der Waals surface area contributed by atoms with Gasteiger partial charge in [-0.2, -0.15) is 0 Å². The first-order valence-electron chi connectivity index (χ1n) is 12.8. The van der Waals surface area contributed by atoms with Gasteiger partial charge in [0.2, 0.25) is 0 Å². The summed E-state index contributed by atoms with van der Waals surface area (Å²) in [5.41, 5.74) is 0. The van der Waals surface area contributed by atoms with Gasteiger partial charge >= 0.3 is 5.97 Å². The van der Waals surface area contributed by atoms with Crippen LogP contribution in [0.5, 0.6) is 0 Å². The second-order valence-corrected chi connectivity index (χ2v) is 7.20. The van der Waals surface area contributed by atoms with E-state index in [9.17, 15) is 9.59 Å². The molecule has 0 aliphatic heterocycles. The van der Waals surface area contributed by atoms with E-state index in [0.29, 0.717) is 132 Å². The van der Waals surface area contributed by atoms with Crippen LogP contribution >= 0.6 is 0 Å².